The van der Waals surface area contributed by atoms with Crippen LogP contribution in [0.5, 0.6) is 0 Å². The molecule has 1 aliphatic rings. The Morgan fingerprint density at radius 3 is 2.85 bits per heavy atom. The average molecular weight is 405 g/mol. The number of thioether (sulfide) groups is 1. The molecule has 1 N–H and O–H groups in total. The van der Waals surface area contributed by atoms with E-state index < -0.39 is 0 Å². The minimum atomic E-state index is -0.0486. The molecule has 0 bridgehead atoms. The fourth-order valence-electron chi connectivity index (χ4n) is 3.44. The van der Waals surface area contributed by atoms with E-state index in [0.717, 1.165) is 57.5 Å². The Balaban J connectivity index is 1.57. The molecule has 4 rings (SSSR count). The highest BCUT2D eigenvalue weighted by atomic mass is 32.2. The first-order valence-electron chi connectivity index (χ1n) is 9.21. The van der Waals surface area contributed by atoms with Gasteiger partial charge in [0.2, 0.25) is 0 Å². The lowest BCUT2D eigenvalue weighted by atomic mass is 10.2. The van der Waals surface area contributed by atoms with Crippen LogP contribution in [0.3, 0.4) is 0 Å². The summed E-state index contributed by atoms with van der Waals surface area (Å²) >= 11 is 3.20. The van der Waals surface area contributed by atoms with E-state index in [9.17, 15) is 4.79 Å². The first kappa shape index (κ1) is 18.7. The summed E-state index contributed by atoms with van der Waals surface area (Å²) in [4.78, 5) is 26.8. The summed E-state index contributed by atoms with van der Waals surface area (Å²) in [7, 11) is 0. The largest absolute Gasteiger partial charge is 0.376 e. The summed E-state index contributed by atoms with van der Waals surface area (Å²) in [5, 5.41) is 1.68. The first-order chi connectivity index (χ1) is 12.9. The average Bonchev–Trinajstić information content (AvgIpc) is 3.30. The van der Waals surface area contributed by atoms with Crippen molar-refractivity contribution in [3.05, 3.63) is 38.0 Å². The van der Waals surface area contributed by atoms with Crippen molar-refractivity contribution in [3.8, 4) is 0 Å². The van der Waals surface area contributed by atoms with Crippen molar-refractivity contribution in [1.82, 2.24) is 19.5 Å². The number of hydrogen-bond donors (Lipinski definition) is 1. The zero-order valence-electron chi connectivity index (χ0n) is 16.1. The van der Waals surface area contributed by atoms with Gasteiger partial charge in [-0.15, -0.1) is 11.3 Å². The predicted octanol–water partition coefficient (Wildman–Crippen LogP) is 3.89. The van der Waals surface area contributed by atoms with Crippen LogP contribution in [0, 0.1) is 27.7 Å². The van der Waals surface area contributed by atoms with Gasteiger partial charge in [-0.3, -0.25) is 4.79 Å². The van der Waals surface area contributed by atoms with Gasteiger partial charge in [0.15, 0.2) is 5.16 Å². The highest BCUT2D eigenvalue weighted by molar-refractivity contribution is 7.98. The van der Waals surface area contributed by atoms with Gasteiger partial charge in [0.05, 0.1) is 29.5 Å². The first-order valence-corrected chi connectivity index (χ1v) is 11.0. The van der Waals surface area contributed by atoms with E-state index in [-0.39, 0.29) is 11.7 Å². The van der Waals surface area contributed by atoms with Gasteiger partial charge in [-0.05, 0) is 46.1 Å². The van der Waals surface area contributed by atoms with Gasteiger partial charge in [-0.25, -0.2) is 9.97 Å². The van der Waals surface area contributed by atoms with Crippen molar-refractivity contribution in [2.75, 3.05) is 6.61 Å². The van der Waals surface area contributed by atoms with Gasteiger partial charge >= 0.3 is 0 Å². The fourth-order valence-corrected chi connectivity index (χ4v) is 5.46. The van der Waals surface area contributed by atoms with Gasteiger partial charge in [0.25, 0.3) is 5.56 Å². The third-order valence-electron chi connectivity index (χ3n) is 5.26. The van der Waals surface area contributed by atoms with Crippen LogP contribution < -0.4 is 5.56 Å². The molecule has 0 aromatic carbocycles. The molecule has 0 amide bonds. The van der Waals surface area contributed by atoms with Gasteiger partial charge in [0, 0.05) is 17.2 Å². The number of aryl methyl sites for hydroxylation is 3. The number of aromatic amines is 1. The van der Waals surface area contributed by atoms with Crippen molar-refractivity contribution >= 4 is 33.3 Å². The van der Waals surface area contributed by atoms with E-state index in [0.29, 0.717) is 11.6 Å². The second-order valence-electron chi connectivity index (χ2n) is 7.08. The normalized spacial score (nSPS) is 17.3. The van der Waals surface area contributed by atoms with E-state index in [1.165, 1.54) is 5.69 Å². The molecule has 1 fully saturated rings. The van der Waals surface area contributed by atoms with Gasteiger partial charge in [-0.2, -0.15) is 0 Å². The molecule has 0 aliphatic carbocycles. The van der Waals surface area contributed by atoms with Crippen LogP contribution in [0.1, 0.15) is 40.5 Å². The second kappa shape index (κ2) is 7.41. The fraction of sp³-hybridized carbons (Fsp3) is 0.526. The lowest BCUT2D eigenvalue weighted by molar-refractivity contribution is 0.0945. The predicted molar refractivity (Wildman–Crippen MR) is 110 cm³/mol. The summed E-state index contributed by atoms with van der Waals surface area (Å²) in [6.07, 6.45) is 2.50. The molecule has 3 aromatic rings. The number of nitrogens with one attached hydrogen (secondary N) is 1. The Hall–Kier alpha value is -1.64. The number of thiophene rings is 1. The van der Waals surface area contributed by atoms with Gasteiger partial charge < -0.3 is 14.3 Å². The monoisotopic (exact) mass is 404 g/mol. The summed E-state index contributed by atoms with van der Waals surface area (Å²) in [6, 6.07) is 0. The minimum Gasteiger partial charge on any atom is -0.376 e. The van der Waals surface area contributed by atoms with Crippen LogP contribution in [-0.2, 0) is 17.0 Å². The summed E-state index contributed by atoms with van der Waals surface area (Å²) in [5.74, 6) is 1.28. The van der Waals surface area contributed by atoms with E-state index in [1.54, 1.807) is 23.1 Å². The Labute approximate surface area is 166 Å². The smallest absolute Gasteiger partial charge is 0.259 e. The number of fused-ring (bicyclic) bond motifs is 1. The van der Waals surface area contributed by atoms with Crippen LogP contribution in [0.15, 0.2) is 9.95 Å². The Morgan fingerprint density at radius 1 is 1.30 bits per heavy atom. The zero-order valence-corrected chi connectivity index (χ0v) is 17.7. The number of H-pyrrole nitrogens is 1. The maximum Gasteiger partial charge on any atom is 0.259 e. The summed E-state index contributed by atoms with van der Waals surface area (Å²) in [6.45, 7) is 9.83. The van der Waals surface area contributed by atoms with E-state index in [4.69, 9.17) is 9.72 Å². The molecular formula is C19H24N4O2S2. The van der Waals surface area contributed by atoms with Crippen LogP contribution >= 0.6 is 23.1 Å². The van der Waals surface area contributed by atoms with Crippen molar-refractivity contribution in [1.29, 1.82) is 0 Å². The molecule has 0 radical (unpaired) electrons. The molecule has 144 valence electrons. The van der Waals surface area contributed by atoms with Crippen LogP contribution in [-0.4, -0.2) is 32.2 Å². The topological polar surface area (TPSA) is 72.8 Å². The number of aromatic nitrogens is 4. The van der Waals surface area contributed by atoms with Gasteiger partial charge in [-0.1, -0.05) is 11.8 Å². The maximum absolute atomic E-state index is 12.5. The van der Waals surface area contributed by atoms with E-state index in [1.807, 2.05) is 20.8 Å². The van der Waals surface area contributed by atoms with Crippen LogP contribution in [0.4, 0.5) is 0 Å². The van der Waals surface area contributed by atoms with E-state index >= 15 is 0 Å². The number of nitrogens with zero attached hydrogens (tertiary/aromatic N) is 3. The Bertz CT molecular complexity index is 1040. The van der Waals surface area contributed by atoms with Crippen molar-refractivity contribution < 1.29 is 4.74 Å². The third-order valence-corrected chi connectivity index (χ3v) is 7.35. The highest BCUT2D eigenvalue weighted by Crippen LogP contribution is 2.28. The number of rotatable bonds is 5. The Morgan fingerprint density at radius 2 is 2.11 bits per heavy atom. The standard InChI is InChI=1S/C19H24N4O2S2/c1-10-13(4)27-18-16(10)17(24)21-15(22-18)9-26-19-20-11(2)12(3)23(19)8-14-6-5-7-25-14/h14H,5-9H2,1-4H3,(H,21,22,24). The molecule has 1 unspecified atom stereocenters. The Kier molecular flexibility index (Phi) is 5.13. The van der Waals surface area contributed by atoms with Gasteiger partial charge in [0.1, 0.15) is 10.7 Å². The quantitative estimate of drug-likeness (QED) is 0.653. The number of ether oxygens (including phenoxy) is 1. The molecule has 0 spiro atoms. The highest BCUT2D eigenvalue weighted by Gasteiger charge is 2.20. The molecule has 1 saturated heterocycles. The number of hydrogen-bond acceptors (Lipinski definition) is 6. The molecule has 1 aliphatic heterocycles. The molecule has 1 atom stereocenters. The molecule has 27 heavy (non-hydrogen) atoms. The minimum absolute atomic E-state index is 0.0486. The molecule has 3 aromatic heterocycles. The van der Waals surface area contributed by atoms with Crippen LogP contribution in [0.25, 0.3) is 10.2 Å². The number of imidazole rings is 1. The third kappa shape index (κ3) is 3.58. The SMILES string of the molecule is Cc1nc(SCc2nc3sc(C)c(C)c3c(=O)[nH]2)n(CC2CCCO2)c1C. The van der Waals surface area contributed by atoms with Crippen molar-refractivity contribution in [3.63, 3.8) is 0 Å². The molecular weight excluding hydrogens is 380 g/mol. The lowest BCUT2D eigenvalue weighted by Crippen LogP contribution is -2.17. The maximum atomic E-state index is 12.5. The molecule has 6 nitrogen and oxygen atoms in total. The van der Waals surface area contributed by atoms with Crippen molar-refractivity contribution in [2.24, 2.45) is 0 Å². The van der Waals surface area contributed by atoms with E-state index in [2.05, 4.69) is 21.5 Å². The zero-order chi connectivity index (χ0) is 19.1. The summed E-state index contributed by atoms with van der Waals surface area (Å²) < 4.78 is 8.04. The van der Waals surface area contributed by atoms with Crippen LogP contribution in [0.2, 0.25) is 0 Å². The summed E-state index contributed by atoms with van der Waals surface area (Å²) in [5.41, 5.74) is 3.19. The molecule has 0 saturated carbocycles. The lowest BCUT2D eigenvalue weighted by Gasteiger charge is -2.14. The van der Waals surface area contributed by atoms with Crippen molar-refractivity contribution in [2.45, 2.75) is 64.1 Å². The second-order valence-corrected chi connectivity index (χ2v) is 9.22. The molecule has 4 heterocycles. The molecule has 8 heteroatoms.